The second-order valence-electron chi connectivity index (χ2n) is 8.34. The number of ketones is 1. The van der Waals surface area contributed by atoms with Crippen LogP contribution in [0.15, 0.2) is 30.3 Å². The van der Waals surface area contributed by atoms with E-state index >= 15 is 0 Å². The van der Waals surface area contributed by atoms with Crippen LogP contribution in [-0.4, -0.2) is 40.2 Å². The topological polar surface area (TPSA) is 89.8 Å². The first-order chi connectivity index (χ1) is 14.2. The Morgan fingerprint density at radius 3 is 2.53 bits per heavy atom. The molecule has 2 aromatic carbocycles. The Hall–Kier alpha value is -3.22. The zero-order valence-corrected chi connectivity index (χ0v) is 17.4. The summed E-state index contributed by atoms with van der Waals surface area (Å²) in [5.74, 6) is 0.518. The van der Waals surface area contributed by atoms with Gasteiger partial charge in [0.05, 0.1) is 16.9 Å². The van der Waals surface area contributed by atoms with Crippen molar-refractivity contribution >= 4 is 17.4 Å². The molecule has 0 N–H and O–H groups in total. The Balaban J connectivity index is 1.53. The fourth-order valence-corrected chi connectivity index (χ4v) is 4.56. The number of nitro benzene ring substituents is 1. The third-order valence-electron chi connectivity index (χ3n) is 6.21. The second kappa shape index (κ2) is 7.23. The van der Waals surface area contributed by atoms with Crippen molar-refractivity contribution in [2.75, 3.05) is 13.1 Å². The summed E-state index contributed by atoms with van der Waals surface area (Å²) < 4.78 is 6.38. The summed E-state index contributed by atoms with van der Waals surface area (Å²) in [6.45, 7) is 6.39. The molecular weight excluding hydrogens is 384 g/mol. The molecule has 1 spiro atoms. The van der Waals surface area contributed by atoms with Crippen LogP contribution < -0.4 is 4.74 Å². The zero-order chi connectivity index (χ0) is 21.6. The minimum atomic E-state index is -0.599. The van der Waals surface area contributed by atoms with E-state index in [0.29, 0.717) is 54.8 Å². The number of likely N-dealkylation sites (tertiary alicyclic amines) is 1. The number of carbonyl (C=O) groups excluding carboxylic acids is 2. The van der Waals surface area contributed by atoms with E-state index in [2.05, 4.69) is 0 Å². The van der Waals surface area contributed by atoms with Crippen LogP contribution >= 0.6 is 0 Å². The molecule has 0 aromatic heterocycles. The van der Waals surface area contributed by atoms with Crippen LogP contribution in [-0.2, 0) is 0 Å². The van der Waals surface area contributed by atoms with Crippen LogP contribution in [0.2, 0.25) is 0 Å². The summed E-state index contributed by atoms with van der Waals surface area (Å²) >= 11 is 0. The van der Waals surface area contributed by atoms with Crippen LogP contribution in [0.25, 0.3) is 0 Å². The first-order valence-corrected chi connectivity index (χ1v) is 10.1. The summed E-state index contributed by atoms with van der Waals surface area (Å²) in [5, 5.41) is 11.2. The third-order valence-corrected chi connectivity index (χ3v) is 6.21. The number of benzene rings is 2. The van der Waals surface area contributed by atoms with E-state index in [9.17, 15) is 19.7 Å². The average molecular weight is 408 g/mol. The summed E-state index contributed by atoms with van der Waals surface area (Å²) in [4.78, 5) is 38.3. The number of Topliss-reactive ketones (excluding diaryl/α,β-unsaturated/α-hetero) is 1. The number of amides is 1. The number of fused-ring (bicyclic) bond motifs is 1. The zero-order valence-electron chi connectivity index (χ0n) is 17.4. The second-order valence-corrected chi connectivity index (χ2v) is 8.34. The van der Waals surface area contributed by atoms with Gasteiger partial charge < -0.3 is 9.64 Å². The lowest BCUT2D eigenvalue weighted by Crippen LogP contribution is -2.52. The van der Waals surface area contributed by atoms with Crippen molar-refractivity contribution in [3.8, 4) is 5.75 Å². The van der Waals surface area contributed by atoms with Gasteiger partial charge in [-0.15, -0.1) is 0 Å². The van der Waals surface area contributed by atoms with E-state index in [4.69, 9.17) is 4.74 Å². The van der Waals surface area contributed by atoms with Crippen LogP contribution in [0.5, 0.6) is 5.75 Å². The summed E-state index contributed by atoms with van der Waals surface area (Å²) in [6, 6.07) is 8.45. The first-order valence-electron chi connectivity index (χ1n) is 10.1. The lowest BCUT2D eigenvalue weighted by Gasteiger charge is -2.44. The van der Waals surface area contributed by atoms with Gasteiger partial charge in [-0.1, -0.05) is 12.1 Å². The molecule has 4 rings (SSSR count). The highest BCUT2D eigenvalue weighted by Gasteiger charge is 2.44. The van der Waals surface area contributed by atoms with Crippen molar-refractivity contribution in [2.24, 2.45) is 0 Å². The predicted octanol–water partition coefficient (Wildman–Crippen LogP) is 4.16. The van der Waals surface area contributed by atoms with Crippen LogP contribution in [0.4, 0.5) is 5.69 Å². The summed E-state index contributed by atoms with van der Waals surface area (Å²) in [6.07, 6.45) is 1.40. The van der Waals surface area contributed by atoms with Gasteiger partial charge in [0.2, 0.25) is 0 Å². The Bertz CT molecular complexity index is 1070. The van der Waals surface area contributed by atoms with Crippen molar-refractivity contribution in [3.05, 3.63) is 68.3 Å². The van der Waals surface area contributed by atoms with Gasteiger partial charge in [-0.05, 0) is 44.0 Å². The average Bonchev–Trinajstić information content (AvgIpc) is 2.69. The number of ether oxygens (including phenoxy) is 1. The van der Waals surface area contributed by atoms with Gasteiger partial charge in [-0.2, -0.15) is 0 Å². The van der Waals surface area contributed by atoms with Gasteiger partial charge in [0, 0.05) is 43.1 Å². The first kappa shape index (κ1) is 20.1. The standard InChI is InChI=1S/C23H24N2O5/c1-14-11-15(2)21-18(12-14)20(26)13-23(30-21)7-9-24(10-8-23)22(27)17-5-4-6-19(16(17)3)25(28)29/h4-6,11-12H,7-10,13H2,1-3H3. The summed E-state index contributed by atoms with van der Waals surface area (Å²) in [7, 11) is 0. The molecule has 2 heterocycles. The lowest BCUT2D eigenvalue weighted by atomic mass is 9.81. The molecular formula is C23H24N2O5. The molecule has 0 unspecified atom stereocenters. The number of carbonyl (C=O) groups is 2. The smallest absolute Gasteiger partial charge is 0.273 e. The van der Waals surface area contributed by atoms with Gasteiger partial charge in [-0.25, -0.2) is 0 Å². The highest BCUT2D eigenvalue weighted by molar-refractivity contribution is 6.01. The third kappa shape index (κ3) is 3.34. The van der Waals surface area contributed by atoms with Gasteiger partial charge in [0.15, 0.2) is 5.78 Å². The van der Waals surface area contributed by atoms with E-state index < -0.39 is 10.5 Å². The molecule has 30 heavy (non-hydrogen) atoms. The monoisotopic (exact) mass is 408 g/mol. The number of hydrogen-bond acceptors (Lipinski definition) is 5. The van der Waals surface area contributed by atoms with E-state index in [0.717, 1.165) is 11.1 Å². The maximum atomic E-state index is 13.0. The Morgan fingerprint density at radius 1 is 1.17 bits per heavy atom. The molecule has 1 saturated heterocycles. The largest absolute Gasteiger partial charge is 0.486 e. The lowest BCUT2D eigenvalue weighted by molar-refractivity contribution is -0.385. The molecule has 0 radical (unpaired) electrons. The molecule has 2 aliphatic heterocycles. The molecule has 2 aliphatic rings. The Kier molecular flexibility index (Phi) is 4.84. The quantitative estimate of drug-likeness (QED) is 0.550. The maximum Gasteiger partial charge on any atom is 0.273 e. The van der Waals surface area contributed by atoms with E-state index in [1.807, 2.05) is 26.0 Å². The van der Waals surface area contributed by atoms with Crippen molar-refractivity contribution < 1.29 is 19.2 Å². The highest BCUT2D eigenvalue weighted by atomic mass is 16.6. The van der Waals surface area contributed by atoms with Gasteiger partial charge in [0.1, 0.15) is 11.4 Å². The maximum absolute atomic E-state index is 13.0. The number of piperidine rings is 1. The van der Waals surface area contributed by atoms with Crippen molar-refractivity contribution in [1.29, 1.82) is 0 Å². The minimum Gasteiger partial charge on any atom is -0.486 e. The fourth-order valence-electron chi connectivity index (χ4n) is 4.56. The molecule has 1 fully saturated rings. The summed E-state index contributed by atoms with van der Waals surface area (Å²) in [5.41, 5.74) is 2.68. The molecule has 0 atom stereocenters. The minimum absolute atomic E-state index is 0.0575. The molecule has 0 saturated carbocycles. The molecule has 7 nitrogen and oxygen atoms in total. The van der Waals surface area contributed by atoms with Gasteiger partial charge in [-0.3, -0.25) is 19.7 Å². The van der Waals surface area contributed by atoms with Gasteiger partial charge in [0.25, 0.3) is 11.6 Å². The van der Waals surface area contributed by atoms with E-state index in [1.54, 1.807) is 17.9 Å². The van der Waals surface area contributed by atoms with Crippen molar-refractivity contribution in [3.63, 3.8) is 0 Å². The number of nitro groups is 1. The fraction of sp³-hybridized carbons (Fsp3) is 0.391. The van der Waals surface area contributed by atoms with E-state index in [-0.39, 0.29) is 17.4 Å². The SMILES string of the molecule is Cc1cc(C)c2c(c1)C(=O)CC1(CCN(C(=O)c3cccc([N+](=O)[O-])c3C)CC1)O2. The molecule has 0 aliphatic carbocycles. The molecule has 2 aromatic rings. The normalized spacial score (nSPS) is 17.4. The number of nitrogens with zero attached hydrogens (tertiary/aromatic N) is 2. The molecule has 0 bridgehead atoms. The Morgan fingerprint density at radius 2 is 1.87 bits per heavy atom. The Labute approximate surface area is 174 Å². The number of aryl methyl sites for hydroxylation is 2. The van der Waals surface area contributed by atoms with Crippen LogP contribution in [0, 0.1) is 30.9 Å². The number of rotatable bonds is 2. The van der Waals surface area contributed by atoms with Crippen molar-refractivity contribution in [1.82, 2.24) is 4.90 Å². The molecule has 1 amide bonds. The highest BCUT2D eigenvalue weighted by Crippen LogP contribution is 2.41. The molecule has 156 valence electrons. The predicted molar refractivity (Wildman–Crippen MR) is 111 cm³/mol. The van der Waals surface area contributed by atoms with Gasteiger partial charge >= 0.3 is 0 Å². The van der Waals surface area contributed by atoms with Crippen LogP contribution in [0.1, 0.15) is 56.7 Å². The van der Waals surface area contributed by atoms with E-state index in [1.165, 1.54) is 12.1 Å². The van der Waals surface area contributed by atoms with Crippen LogP contribution in [0.3, 0.4) is 0 Å². The molecule has 7 heteroatoms. The number of hydrogen-bond donors (Lipinski definition) is 0. The van der Waals surface area contributed by atoms with Crippen molar-refractivity contribution in [2.45, 2.75) is 45.6 Å².